The van der Waals surface area contributed by atoms with Crippen molar-refractivity contribution in [3.05, 3.63) is 27.7 Å². The average molecular weight is 269 g/mol. The molecule has 4 N–H and O–H groups in total. The van der Waals surface area contributed by atoms with Crippen molar-refractivity contribution in [3.8, 4) is 11.4 Å². The van der Waals surface area contributed by atoms with Gasteiger partial charge in [0.1, 0.15) is 17.0 Å². The molecule has 17 heavy (non-hydrogen) atoms. The fraction of sp³-hybridized carbons (Fsp3) is 0. The van der Waals surface area contributed by atoms with Gasteiger partial charge in [0.2, 0.25) is 0 Å². The van der Waals surface area contributed by atoms with Crippen LogP contribution in [-0.2, 0) is 10.2 Å². The molecular formula is C8H7N5O2S2. The number of thiophene rings is 1. The van der Waals surface area contributed by atoms with E-state index in [1.165, 1.54) is 11.3 Å². The van der Waals surface area contributed by atoms with Crippen LogP contribution >= 0.6 is 11.3 Å². The lowest BCUT2D eigenvalue weighted by molar-refractivity contribution is 0.590. The summed E-state index contributed by atoms with van der Waals surface area (Å²) < 4.78 is 28.2. The molecule has 1 aliphatic heterocycles. The summed E-state index contributed by atoms with van der Waals surface area (Å²) in [5, 5.41) is 4.18. The second-order valence-electron chi connectivity index (χ2n) is 3.38. The van der Waals surface area contributed by atoms with Gasteiger partial charge in [-0.3, -0.25) is 0 Å². The Kier molecular flexibility index (Phi) is 2.00. The van der Waals surface area contributed by atoms with Crippen molar-refractivity contribution >= 4 is 27.4 Å². The van der Waals surface area contributed by atoms with Crippen LogP contribution in [0.4, 0.5) is 0 Å². The predicted octanol–water partition coefficient (Wildman–Crippen LogP) is -1.37. The molecular weight excluding hydrogens is 262 g/mol. The first-order chi connectivity index (χ1) is 8.05. The number of nitrogens with zero attached hydrogens (tertiary/aromatic N) is 2. The highest BCUT2D eigenvalue weighted by atomic mass is 32.2. The van der Waals surface area contributed by atoms with Crippen LogP contribution in [-0.4, -0.2) is 18.4 Å². The van der Waals surface area contributed by atoms with Gasteiger partial charge in [-0.1, -0.05) is 0 Å². The SMILES string of the molecule is NC1=c2[nH]c(-c3ccsc3)nc2=NS(=O)(=O)N1. The Labute approximate surface area is 99.9 Å². The van der Waals surface area contributed by atoms with E-state index >= 15 is 0 Å². The minimum absolute atomic E-state index is 0.00368. The summed E-state index contributed by atoms with van der Waals surface area (Å²) >= 11 is 1.52. The smallest absolute Gasteiger partial charge is 0.345 e. The summed E-state index contributed by atoms with van der Waals surface area (Å²) in [5.41, 5.74) is 6.54. The fourth-order valence-corrected chi connectivity index (χ4v) is 2.91. The van der Waals surface area contributed by atoms with Crippen molar-refractivity contribution in [3.63, 3.8) is 0 Å². The van der Waals surface area contributed by atoms with E-state index in [4.69, 9.17) is 5.73 Å². The number of aromatic nitrogens is 2. The first-order valence-corrected chi connectivity index (χ1v) is 6.94. The Morgan fingerprint density at radius 3 is 2.94 bits per heavy atom. The van der Waals surface area contributed by atoms with Crippen LogP contribution in [0.25, 0.3) is 17.2 Å². The van der Waals surface area contributed by atoms with Gasteiger partial charge in [0.05, 0.1) is 0 Å². The predicted molar refractivity (Wildman–Crippen MR) is 62.3 cm³/mol. The van der Waals surface area contributed by atoms with E-state index in [0.29, 0.717) is 11.2 Å². The highest BCUT2D eigenvalue weighted by Crippen LogP contribution is 2.15. The molecule has 0 amide bonds. The average Bonchev–Trinajstić information content (AvgIpc) is 2.81. The molecule has 3 heterocycles. The van der Waals surface area contributed by atoms with Gasteiger partial charge in [0.25, 0.3) is 0 Å². The Hall–Kier alpha value is -1.87. The monoisotopic (exact) mass is 269 g/mol. The Morgan fingerprint density at radius 2 is 2.24 bits per heavy atom. The Balaban J connectivity index is 2.33. The Morgan fingerprint density at radius 1 is 1.41 bits per heavy atom. The first-order valence-electron chi connectivity index (χ1n) is 4.56. The van der Waals surface area contributed by atoms with Crippen LogP contribution in [0.15, 0.2) is 21.2 Å². The lowest BCUT2D eigenvalue weighted by Crippen LogP contribution is -2.43. The van der Waals surface area contributed by atoms with Gasteiger partial charge in [-0.2, -0.15) is 19.8 Å². The van der Waals surface area contributed by atoms with Crippen LogP contribution in [0.2, 0.25) is 0 Å². The lowest BCUT2D eigenvalue weighted by Gasteiger charge is -2.04. The number of hydrogen-bond acceptors (Lipinski definition) is 5. The lowest BCUT2D eigenvalue weighted by atomic mass is 10.3. The van der Waals surface area contributed by atoms with Crippen LogP contribution in [0.5, 0.6) is 0 Å². The van der Waals surface area contributed by atoms with Crippen molar-refractivity contribution in [2.75, 3.05) is 0 Å². The second kappa shape index (κ2) is 3.31. The first kappa shape index (κ1) is 10.3. The number of aromatic amines is 1. The second-order valence-corrected chi connectivity index (χ2v) is 5.49. The molecule has 0 unspecified atom stereocenters. The van der Waals surface area contributed by atoms with E-state index in [0.717, 1.165) is 5.56 Å². The van der Waals surface area contributed by atoms with Gasteiger partial charge in [-0.05, 0) is 11.4 Å². The number of nitrogens with two attached hydrogens (primary N) is 1. The summed E-state index contributed by atoms with van der Waals surface area (Å²) in [5.74, 6) is 0.547. The maximum absolute atomic E-state index is 11.3. The molecule has 0 saturated heterocycles. The third kappa shape index (κ3) is 1.68. The zero-order valence-electron chi connectivity index (χ0n) is 8.34. The van der Waals surface area contributed by atoms with E-state index in [2.05, 4.69) is 19.1 Å². The molecule has 0 atom stereocenters. The van der Waals surface area contributed by atoms with E-state index in [-0.39, 0.29) is 11.3 Å². The molecule has 0 saturated carbocycles. The van der Waals surface area contributed by atoms with Crippen molar-refractivity contribution in [2.45, 2.75) is 0 Å². The molecule has 0 aliphatic carbocycles. The topological polar surface area (TPSA) is 113 Å². The summed E-state index contributed by atoms with van der Waals surface area (Å²) in [6, 6.07) is 1.87. The molecule has 0 spiro atoms. The van der Waals surface area contributed by atoms with Crippen LogP contribution in [0.1, 0.15) is 0 Å². The van der Waals surface area contributed by atoms with Gasteiger partial charge in [-0.15, -0.1) is 4.40 Å². The third-order valence-corrected chi connectivity index (χ3v) is 3.77. The molecule has 0 aromatic carbocycles. The summed E-state index contributed by atoms with van der Waals surface area (Å²) in [4.78, 5) is 7.04. The maximum atomic E-state index is 11.3. The summed E-state index contributed by atoms with van der Waals surface area (Å²) in [6.45, 7) is 0. The minimum atomic E-state index is -3.77. The molecule has 0 bridgehead atoms. The van der Waals surface area contributed by atoms with Crippen molar-refractivity contribution < 1.29 is 8.42 Å². The van der Waals surface area contributed by atoms with Crippen LogP contribution in [0, 0.1) is 0 Å². The number of fused-ring (bicyclic) bond motifs is 1. The molecule has 3 rings (SSSR count). The number of rotatable bonds is 1. The number of imidazole rings is 1. The van der Waals surface area contributed by atoms with Gasteiger partial charge >= 0.3 is 10.2 Å². The molecule has 2 aromatic heterocycles. The molecule has 9 heteroatoms. The van der Waals surface area contributed by atoms with Crippen LogP contribution in [0.3, 0.4) is 0 Å². The molecule has 1 aliphatic rings. The van der Waals surface area contributed by atoms with Gasteiger partial charge in [0.15, 0.2) is 5.49 Å². The maximum Gasteiger partial charge on any atom is 0.345 e. The highest BCUT2D eigenvalue weighted by Gasteiger charge is 2.17. The normalized spacial score (nSPS) is 17.1. The van der Waals surface area contributed by atoms with Crippen molar-refractivity contribution in [1.82, 2.24) is 14.7 Å². The number of hydrogen-bond donors (Lipinski definition) is 3. The van der Waals surface area contributed by atoms with Gasteiger partial charge < -0.3 is 10.7 Å². The van der Waals surface area contributed by atoms with Crippen molar-refractivity contribution in [1.29, 1.82) is 0 Å². The van der Waals surface area contributed by atoms with Gasteiger partial charge in [0, 0.05) is 10.9 Å². The summed E-state index contributed by atoms with van der Waals surface area (Å²) in [6.07, 6.45) is 0. The van der Waals surface area contributed by atoms with Crippen molar-refractivity contribution in [2.24, 2.45) is 10.1 Å². The third-order valence-electron chi connectivity index (χ3n) is 2.19. The standard InChI is InChI=1S/C8H7N5O2S2/c9-6-5-8(13-17(14,15)12-6)11-7(10-5)4-1-2-16-3-4/h1-3,12H,9H2,(H,10,11,13). The summed E-state index contributed by atoms with van der Waals surface area (Å²) in [7, 11) is -3.77. The molecule has 0 radical (unpaired) electrons. The largest absolute Gasteiger partial charge is 0.383 e. The fourth-order valence-electron chi connectivity index (χ4n) is 1.48. The van der Waals surface area contributed by atoms with E-state index in [9.17, 15) is 8.42 Å². The van der Waals surface area contributed by atoms with E-state index in [1.54, 1.807) is 0 Å². The minimum Gasteiger partial charge on any atom is -0.383 e. The van der Waals surface area contributed by atoms with Gasteiger partial charge in [-0.25, -0.2) is 9.71 Å². The zero-order valence-corrected chi connectivity index (χ0v) is 9.97. The van der Waals surface area contributed by atoms with E-state index < -0.39 is 10.2 Å². The Bertz CT molecular complexity index is 788. The molecule has 2 aromatic rings. The highest BCUT2D eigenvalue weighted by molar-refractivity contribution is 7.88. The zero-order chi connectivity index (χ0) is 12.0. The number of nitrogens with one attached hydrogen (secondary N) is 2. The number of H-pyrrole nitrogens is 1. The molecule has 7 nitrogen and oxygen atoms in total. The molecule has 0 fully saturated rings. The van der Waals surface area contributed by atoms with Crippen LogP contribution < -0.4 is 21.3 Å². The quantitative estimate of drug-likeness (QED) is 0.592. The van der Waals surface area contributed by atoms with E-state index in [1.807, 2.05) is 16.8 Å². The molecule has 88 valence electrons.